The van der Waals surface area contributed by atoms with Crippen molar-refractivity contribution in [2.75, 3.05) is 5.73 Å². The molecule has 32 heavy (non-hydrogen) atoms. The quantitative estimate of drug-likeness (QED) is 0.189. The van der Waals surface area contributed by atoms with Gasteiger partial charge < -0.3 is 10.8 Å². The zero-order chi connectivity index (χ0) is 22.7. The molecule has 0 unspecified atom stereocenters. The molecule has 0 bridgehead atoms. The molecule has 4 rings (SSSR count). The minimum absolute atomic E-state index is 0.0673. The summed E-state index contributed by atoms with van der Waals surface area (Å²) in [5.41, 5.74) is 7.15. The summed E-state index contributed by atoms with van der Waals surface area (Å²) < 4.78 is 33.6. The Morgan fingerprint density at radius 1 is 0.750 bits per heavy atom. The Balaban J connectivity index is 1.89. The molecule has 0 atom stereocenters. The highest BCUT2D eigenvalue weighted by atomic mass is 32.2. The maximum Gasteiger partial charge on any atom is 0.296 e. The average molecular weight is 447 g/mol. The fourth-order valence-electron chi connectivity index (χ4n) is 3.04. The fourth-order valence-corrected chi connectivity index (χ4v) is 3.70. The molecule has 10 heteroatoms. The molecule has 0 saturated heterocycles. The lowest BCUT2D eigenvalue weighted by Crippen LogP contribution is -2.00. The van der Waals surface area contributed by atoms with Crippen LogP contribution in [-0.4, -0.2) is 18.1 Å². The van der Waals surface area contributed by atoms with Crippen molar-refractivity contribution in [3.63, 3.8) is 0 Å². The van der Waals surface area contributed by atoms with Crippen molar-refractivity contribution in [1.82, 2.24) is 0 Å². The third kappa shape index (κ3) is 4.31. The number of nitrogens with two attached hydrogens (primary N) is 1. The van der Waals surface area contributed by atoms with Crippen molar-refractivity contribution >= 4 is 49.3 Å². The Morgan fingerprint density at radius 3 is 1.88 bits per heavy atom. The number of benzene rings is 4. The summed E-state index contributed by atoms with van der Waals surface area (Å²) in [4.78, 5) is -0.597. The SMILES string of the molecule is Nc1c(N=Nc2ccccc2)ccc2cc(S(=O)(=O)O)c(N=Nc3ccccc3)c(O)c12. The van der Waals surface area contributed by atoms with Gasteiger partial charge in [-0.1, -0.05) is 42.5 Å². The molecule has 160 valence electrons. The zero-order valence-corrected chi connectivity index (χ0v) is 17.3. The molecule has 0 aromatic heterocycles. The molecule has 0 spiro atoms. The summed E-state index contributed by atoms with van der Waals surface area (Å²) in [5, 5.41) is 27.3. The number of phenolic OH excluding ortho intramolecular Hbond substituents is 1. The van der Waals surface area contributed by atoms with Crippen LogP contribution in [0.5, 0.6) is 5.75 Å². The first-order valence-corrected chi connectivity index (χ1v) is 10.8. The average Bonchev–Trinajstić information content (AvgIpc) is 2.78. The number of phenols is 1. The van der Waals surface area contributed by atoms with Crippen molar-refractivity contribution in [3.05, 3.63) is 78.9 Å². The highest BCUT2D eigenvalue weighted by Crippen LogP contribution is 2.46. The zero-order valence-electron chi connectivity index (χ0n) is 16.5. The molecule has 0 aliphatic heterocycles. The Hall–Kier alpha value is -4.15. The second-order valence-corrected chi connectivity index (χ2v) is 8.10. The van der Waals surface area contributed by atoms with Crippen LogP contribution in [0.3, 0.4) is 0 Å². The molecular weight excluding hydrogens is 430 g/mol. The summed E-state index contributed by atoms with van der Waals surface area (Å²) >= 11 is 0. The number of anilines is 1. The van der Waals surface area contributed by atoms with E-state index < -0.39 is 26.5 Å². The Morgan fingerprint density at radius 2 is 1.31 bits per heavy atom. The van der Waals surface area contributed by atoms with Gasteiger partial charge in [0.15, 0.2) is 5.75 Å². The first-order valence-electron chi connectivity index (χ1n) is 9.34. The first kappa shape index (κ1) is 21.1. The lowest BCUT2D eigenvalue weighted by molar-refractivity contribution is 0.472. The van der Waals surface area contributed by atoms with Gasteiger partial charge >= 0.3 is 0 Å². The van der Waals surface area contributed by atoms with Crippen LogP contribution < -0.4 is 5.73 Å². The van der Waals surface area contributed by atoms with Crippen LogP contribution in [0.4, 0.5) is 28.4 Å². The van der Waals surface area contributed by atoms with Gasteiger partial charge in [-0.3, -0.25) is 4.55 Å². The third-order valence-corrected chi connectivity index (χ3v) is 5.43. The molecule has 0 heterocycles. The highest BCUT2D eigenvalue weighted by Gasteiger charge is 2.23. The standard InChI is InChI=1S/C22H17N5O4S/c23-20-17(26-24-15-7-3-1-4-8-15)12-11-14-13-18(32(29,30)31)21(22(28)19(14)20)27-25-16-9-5-2-6-10-16/h1-13,28H,23H2,(H,29,30,31). The van der Waals surface area contributed by atoms with E-state index in [-0.39, 0.29) is 22.1 Å². The number of aromatic hydroxyl groups is 1. The molecule has 0 aliphatic carbocycles. The van der Waals surface area contributed by atoms with E-state index in [1.807, 2.05) is 18.2 Å². The normalized spacial score (nSPS) is 12.2. The van der Waals surface area contributed by atoms with Crippen LogP contribution in [0.25, 0.3) is 10.8 Å². The number of hydrogen-bond donors (Lipinski definition) is 3. The van der Waals surface area contributed by atoms with E-state index in [9.17, 15) is 18.1 Å². The maximum atomic E-state index is 12.0. The van der Waals surface area contributed by atoms with Crippen LogP contribution in [0.1, 0.15) is 0 Å². The van der Waals surface area contributed by atoms with E-state index in [2.05, 4.69) is 20.5 Å². The largest absolute Gasteiger partial charge is 0.505 e. The summed E-state index contributed by atoms with van der Waals surface area (Å²) in [6.07, 6.45) is 0. The van der Waals surface area contributed by atoms with Crippen LogP contribution in [0.15, 0.2) is 104 Å². The van der Waals surface area contributed by atoms with Gasteiger partial charge in [-0.15, -0.1) is 10.2 Å². The lowest BCUT2D eigenvalue weighted by Gasteiger charge is -2.11. The van der Waals surface area contributed by atoms with Crippen LogP contribution in [-0.2, 0) is 10.1 Å². The minimum Gasteiger partial charge on any atom is -0.505 e. The maximum absolute atomic E-state index is 12.0. The van der Waals surface area contributed by atoms with Crippen molar-refractivity contribution in [3.8, 4) is 5.75 Å². The van der Waals surface area contributed by atoms with Crippen molar-refractivity contribution < 1.29 is 18.1 Å². The predicted molar refractivity (Wildman–Crippen MR) is 121 cm³/mol. The van der Waals surface area contributed by atoms with Crippen molar-refractivity contribution in [2.45, 2.75) is 4.90 Å². The number of fused-ring (bicyclic) bond motifs is 1. The van der Waals surface area contributed by atoms with Crippen molar-refractivity contribution in [2.24, 2.45) is 20.5 Å². The minimum atomic E-state index is -4.72. The van der Waals surface area contributed by atoms with Gasteiger partial charge in [0.25, 0.3) is 10.1 Å². The van der Waals surface area contributed by atoms with Gasteiger partial charge in [0.1, 0.15) is 16.3 Å². The topological polar surface area (TPSA) is 150 Å². The number of azo groups is 2. The monoisotopic (exact) mass is 447 g/mol. The second-order valence-electron chi connectivity index (χ2n) is 6.71. The van der Waals surface area contributed by atoms with Gasteiger partial charge in [0.2, 0.25) is 0 Å². The Kier molecular flexibility index (Phi) is 5.63. The van der Waals surface area contributed by atoms with E-state index >= 15 is 0 Å². The Labute approximate surface area is 183 Å². The molecule has 4 aromatic carbocycles. The van der Waals surface area contributed by atoms with Crippen molar-refractivity contribution in [1.29, 1.82) is 0 Å². The fraction of sp³-hybridized carbons (Fsp3) is 0. The number of nitrogen functional groups attached to an aromatic ring is 1. The second kappa shape index (κ2) is 8.53. The molecule has 4 aromatic rings. The smallest absolute Gasteiger partial charge is 0.296 e. The van der Waals surface area contributed by atoms with E-state index in [1.165, 1.54) is 12.1 Å². The summed E-state index contributed by atoms with van der Waals surface area (Å²) in [5.74, 6) is -0.552. The van der Waals surface area contributed by atoms with E-state index in [0.717, 1.165) is 6.07 Å². The van der Waals surface area contributed by atoms with Crippen LogP contribution >= 0.6 is 0 Å². The molecule has 0 radical (unpaired) electrons. The van der Waals surface area contributed by atoms with Gasteiger partial charge in [-0.25, -0.2) is 0 Å². The summed E-state index contributed by atoms with van der Waals surface area (Å²) in [7, 11) is -4.72. The van der Waals surface area contributed by atoms with Crippen LogP contribution in [0, 0.1) is 0 Å². The molecule has 0 amide bonds. The van der Waals surface area contributed by atoms with Gasteiger partial charge in [0.05, 0.1) is 22.4 Å². The number of nitrogens with zero attached hydrogens (tertiary/aromatic N) is 4. The summed E-state index contributed by atoms with van der Waals surface area (Å²) in [6, 6.07) is 21.7. The predicted octanol–water partition coefficient (Wildman–Crippen LogP) is 6.21. The lowest BCUT2D eigenvalue weighted by atomic mass is 10.1. The summed E-state index contributed by atoms with van der Waals surface area (Å²) in [6.45, 7) is 0. The highest BCUT2D eigenvalue weighted by molar-refractivity contribution is 7.86. The molecule has 4 N–H and O–H groups in total. The molecular formula is C22H17N5O4S. The first-order chi connectivity index (χ1) is 15.3. The number of hydrogen-bond acceptors (Lipinski definition) is 8. The molecule has 0 saturated carbocycles. The third-order valence-electron chi connectivity index (χ3n) is 4.56. The van der Waals surface area contributed by atoms with Gasteiger partial charge in [-0.05, 0) is 41.8 Å². The van der Waals surface area contributed by atoms with E-state index in [1.54, 1.807) is 42.5 Å². The molecule has 0 fully saturated rings. The molecule has 0 aliphatic rings. The van der Waals surface area contributed by atoms with Gasteiger partial charge in [-0.2, -0.15) is 18.6 Å². The van der Waals surface area contributed by atoms with Crippen LogP contribution in [0.2, 0.25) is 0 Å². The van der Waals surface area contributed by atoms with E-state index in [0.29, 0.717) is 11.4 Å². The number of rotatable bonds is 5. The molecule has 9 nitrogen and oxygen atoms in total. The van der Waals surface area contributed by atoms with E-state index in [4.69, 9.17) is 5.73 Å². The Bertz CT molecular complexity index is 1450. The van der Waals surface area contributed by atoms with Gasteiger partial charge in [0, 0.05) is 0 Å².